The molecule has 38 heavy (non-hydrogen) atoms. The number of para-hydroxylation sites is 1. The fourth-order valence-corrected chi connectivity index (χ4v) is 3.44. The Morgan fingerprint density at radius 2 is 1.58 bits per heavy atom. The summed E-state index contributed by atoms with van der Waals surface area (Å²) in [6, 6.07) is 13.6. The van der Waals surface area contributed by atoms with Crippen molar-refractivity contribution in [2.24, 2.45) is 28.3 Å². The van der Waals surface area contributed by atoms with E-state index in [0.29, 0.717) is 5.69 Å². The van der Waals surface area contributed by atoms with Crippen molar-refractivity contribution in [1.29, 1.82) is 0 Å². The van der Waals surface area contributed by atoms with Crippen molar-refractivity contribution in [3.8, 4) is 0 Å². The molecule has 1 unspecified atom stereocenters. The molecule has 0 fully saturated rings. The van der Waals surface area contributed by atoms with Crippen LogP contribution in [0.15, 0.2) is 60.8 Å². The number of hydrogen-bond acceptors (Lipinski definition) is 7. The van der Waals surface area contributed by atoms with E-state index in [1.807, 2.05) is 30.3 Å². The molecule has 0 saturated heterocycles. The lowest BCUT2D eigenvalue weighted by atomic mass is 9.81. The number of nitrogens with zero attached hydrogens (tertiary/aromatic N) is 1. The zero-order chi connectivity index (χ0) is 28.3. The van der Waals surface area contributed by atoms with E-state index in [4.69, 9.17) is 22.9 Å². The minimum absolute atomic E-state index is 0.208. The van der Waals surface area contributed by atoms with E-state index >= 15 is 0 Å². The molecule has 0 aliphatic rings. The standard InChI is InChI=1S/C18H27N7O2.C8H7F3/c19-9-18(10-20,11-21)6-14(22)17(27)24-8-16(26)25-13-5-12-3-1-2-4-15(12)23-7-13;1-6-2-4-7(5-3-6)8(9,10)11/h1-5,7,14H,6,8-11,19-22H2,(H,24,27)(H,25,26);2-5H,1H3. The first-order valence-corrected chi connectivity index (χ1v) is 11.8. The van der Waals surface area contributed by atoms with Crippen molar-refractivity contribution >= 4 is 28.4 Å². The molecule has 3 aromatic rings. The van der Waals surface area contributed by atoms with Crippen molar-refractivity contribution in [2.45, 2.75) is 25.6 Å². The molecule has 3 rings (SSSR count). The molecular formula is C26H34F3N7O2. The Morgan fingerprint density at radius 3 is 2.16 bits per heavy atom. The van der Waals surface area contributed by atoms with Gasteiger partial charge in [0.2, 0.25) is 11.8 Å². The monoisotopic (exact) mass is 533 g/mol. The second-order valence-electron chi connectivity index (χ2n) is 8.97. The van der Waals surface area contributed by atoms with Gasteiger partial charge >= 0.3 is 6.18 Å². The van der Waals surface area contributed by atoms with Crippen LogP contribution in [0.25, 0.3) is 10.9 Å². The number of rotatable bonds is 9. The van der Waals surface area contributed by atoms with Crippen LogP contribution in [0, 0.1) is 12.3 Å². The lowest BCUT2D eigenvalue weighted by Crippen LogP contribution is -2.52. The number of amides is 2. The molecular weight excluding hydrogens is 499 g/mol. The number of aromatic nitrogens is 1. The molecule has 1 atom stereocenters. The van der Waals surface area contributed by atoms with Crippen molar-refractivity contribution in [1.82, 2.24) is 10.3 Å². The van der Waals surface area contributed by atoms with Crippen molar-refractivity contribution in [2.75, 3.05) is 31.5 Å². The fourth-order valence-electron chi connectivity index (χ4n) is 3.44. The Labute approximate surface area is 219 Å². The van der Waals surface area contributed by atoms with Gasteiger partial charge in [-0.3, -0.25) is 14.6 Å². The van der Waals surface area contributed by atoms with Gasteiger partial charge < -0.3 is 33.6 Å². The zero-order valence-electron chi connectivity index (χ0n) is 21.1. The fraction of sp³-hybridized carbons (Fsp3) is 0.346. The first-order chi connectivity index (χ1) is 17.9. The van der Waals surface area contributed by atoms with Gasteiger partial charge in [0.05, 0.1) is 35.6 Å². The summed E-state index contributed by atoms with van der Waals surface area (Å²) in [7, 11) is 0. The third-order valence-corrected chi connectivity index (χ3v) is 5.97. The maximum Gasteiger partial charge on any atom is 0.416 e. The highest BCUT2D eigenvalue weighted by molar-refractivity contribution is 5.96. The summed E-state index contributed by atoms with van der Waals surface area (Å²) < 4.78 is 35.8. The van der Waals surface area contributed by atoms with Gasteiger partial charge in [0.1, 0.15) is 0 Å². The number of pyridine rings is 1. The van der Waals surface area contributed by atoms with Gasteiger partial charge in [-0.15, -0.1) is 0 Å². The van der Waals surface area contributed by atoms with Gasteiger partial charge in [-0.2, -0.15) is 13.2 Å². The predicted molar refractivity (Wildman–Crippen MR) is 142 cm³/mol. The third-order valence-electron chi connectivity index (χ3n) is 5.97. The van der Waals surface area contributed by atoms with Crippen LogP contribution in [0.5, 0.6) is 0 Å². The molecule has 0 saturated carbocycles. The number of halogens is 3. The Kier molecular flexibility index (Phi) is 11.1. The smallest absolute Gasteiger partial charge is 0.346 e. The molecule has 0 radical (unpaired) electrons. The van der Waals surface area contributed by atoms with Gasteiger partial charge in [0.25, 0.3) is 0 Å². The molecule has 206 valence electrons. The lowest BCUT2D eigenvalue weighted by Gasteiger charge is -2.31. The quantitative estimate of drug-likeness (QED) is 0.243. The molecule has 10 N–H and O–H groups in total. The SMILES string of the molecule is Cc1ccc(C(F)(F)F)cc1.NCC(CN)(CN)CC(N)C(=O)NCC(=O)Nc1cnc2ccccc2c1. The average molecular weight is 534 g/mol. The van der Waals surface area contributed by atoms with Crippen LogP contribution >= 0.6 is 0 Å². The molecule has 2 aromatic carbocycles. The minimum Gasteiger partial charge on any atom is -0.346 e. The molecule has 1 aromatic heterocycles. The topological polar surface area (TPSA) is 175 Å². The van der Waals surface area contributed by atoms with Crippen LogP contribution in [-0.2, 0) is 15.8 Å². The van der Waals surface area contributed by atoms with E-state index < -0.39 is 29.1 Å². The maximum atomic E-state index is 12.1. The molecule has 2 amide bonds. The summed E-state index contributed by atoms with van der Waals surface area (Å²) in [5.41, 5.74) is 24.1. The molecule has 9 nitrogen and oxygen atoms in total. The number of carbonyl (C=O) groups excluding carboxylic acids is 2. The summed E-state index contributed by atoms with van der Waals surface area (Å²) in [6.07, 6.45) is -2.40. The van der Waals surface area contributed by atoms with E-state index in [0.717, 1.165) is 28.6 Å². The maximum absolute atomic E-state index is 12.1. The number of nitrogens with two attached hydrogens (primary N) is 4. The Bertz CT molecular complexity index is 1190. The van der Waals surface area contributed by atoms with E-state index in [-0.39, 0.29) is 38.5 Å². The summed E-state index contributed by atoms with van der Waals surface area (Å²) in [6.45, 7) is 2.24. The van der Waals surface area contributed by atoms with E-state index in [1.165, 1.54) is 12.1 Å². The minimum atomic E-state index is -4.21. The number of aryl methyl sites for hydroxylation is 1. The average Bonchev–Trinajstić information content (AvgIpc) is 2.90. The number of nitrogens with one attached hydrogen (secondary N) is 2. The van der Waals surface area contributed by atoms with Crippen LogP contribution in [0.3, 0.4) is 0 Å². The normalized spacial score (nSPS) is 12.3. The summed E-state index contributed by atoms with van der Waals surface area (Å²) in [5.74, 6) is -0.836. The number of fused-ring (bicyclic) bond motifs is 1. The summed E-state index contributed by atoms with van der Waals surface area (Å²) in [5, 5.41) is 6.11. The molecule has 0 bridgehead atoms. The summed E-state index contributed by atoms with van der Waals surface area (Å²) in [4.78, 5) is 28.5. The second kappa shape index (κ2) is 13.8. The highest BCUT2D eigenvalue weighted by atomic mass is 19.4. The largest absolute Gasteiger partial charge is 0.416 e. The van der Waals surface area contributed by atoms with Crippen LogP contribution in [0.1, 0.15) is 17.5 Å². The molecule has 0 aliphatic heterocycles. The van der Waals surface area contributed by atoms with Gasteiger partial charge in [-0.05, 0) is 37.6 Å². The molecule has 0 aliphatic carbocycles. The number of anilines is 1. The summed E-state index contributed by atoms with van der Waals surface area (Å²) >= 11 is 0. The van der Waals surface area contributed by atoms with E-state index in [2.05, 4.69) is 15.6 Å². The van der Waals surface area contributed by atoms with Gasteiger partial charge in [-0.25, -0.2) is 0 Å². The van der Waals surface area contributed by atoms with Crippen LogP contribution in [0.2, 0.25) is 0 Å². The molecule has 12 heteroatoms. The Morgan fingerprint density at radius 1 is 0.974 bits per heavy atom. The van der Waals surface area contributed by atoms with Crippen LogP contribution in [-0.4, -0.2) is 49.0 Å². The van der Waals surface area contributed by atoms with Crippen molar-refractivity contribution in [3.63, 3.8) is 0 Å². The second-order valence-corrected chi connectivity index (χ2v) is 8.97. The predicted octanol–water partition coefficient (Wildman–Crippen LogP) is 1.88. The molecule has 0 spiro atoms. The van der Waals surface area contributed by atoms with Crippen molar-refractivity contribution < 1.29 is 22.8 Å². The number of carbonyl (C=O) groups is 2. The number of benzene rings is 2. The van der Waals surface area contributed by atoms with Crippen LogP contribution in [0.4, 0.5) is 18.9 Å². The van der Waals surface area contributed by atoms with Crippen molar-refractivity contribution in [3.05, 3.63) is 71.9 Å². The highest BCUT2D eigenvalue weighted by Crippen LogP contribution is 2.28. The van der Waals surface area contributed by atoms with E-state index in [9.17, 15) is 22.8 Å². The number of hydrogen-bond donors (Lipinski definition) is 6. The Hall–Kier alpha value is -3.58. The first kappa shape index (κ1) is 30.6. The lowest BCUT2D eigenvalue weighted by molar-refractivity contribution is -0.137. The van der Waals surface area contributed by atoms with Gasteiger partial charge in [-0.1, -0.05) is 35.9 Å². The first-order valence-electron chi connectivity index (χ1n) is 11.8. The zero-order valence-corrected chi connectivity index (χ0v) is 21.1. The van der Waals surface area contributed by atoms with Crippen LogP contribution < -0.4 is 33.6 Å². The number of alkyl halides is 3. The van der Waals surface area contributed by atoms with E-state index in [1.54, 1.807) is 13.1 Å². The Balaban J connectivity index is 0.000000384. The van der Waals surface area contributed by atoms with Gasteiger partial charge in [0, 0.05) is 30.4 Å². The molecule has 1 heterocycles. The third kappa shape index (κ3) is 9.06. The highest BCUT2D eigenvalue weighted by Gasteiger charge is 2.31. The van der Waals surface area contributed by atoms with Gasteiger partial charge in [0.15, 0.2) is 0 Å².